The molecule has 0 atom stereocenters. The molecule has 4 heteroatoms. The van der Waals surface area contributed by atoms with Gasteiger partial charge < -0.3 is 9.88 Å². The lowest BCUT2D eigenvalue weighted by Gasteiger charge is -2.09. The summed E-state index contributed by atoms with van der Waals surface area (Å²) in [6.45, 7) is 7.06. The minimum Gasteiger partial charge on any atom is -0.353 e. The standard InChI is InChI=1S/C15H22N2O2/c1-12(2)11-14(18)16-9-4-5-10-17-13(3)7-6-8-15(17)19/h6-8,11H,4-5,9-10H2,1-3H3,(H,16,18). The predicted octanol–water partition coefficient (Wildman–Crippen LogP) is 2.02. The number of nitrogens with one attached hydrogen (secondary N) is 1. The van der Waals surface area contributed by atoms with Crippen LogP contribution < -0.4 is 10.9 Å². The SMILES string of the molecule is CC(C)=CC(=O)NCCCCn1c(C)cccc1=O. The van der Waals surface area contributed by atoms with E-state index in [1.165, 1.54) is 0 Å². The fourth-order valence-electron chi connectivity index (χ4n) is 1.83. The van der Waals surface area contributed by atoms with E-state index in [-0.39, 0.29) is 11.5 Å². The van der Waals surface area contributed by atoms with Crippen molar-refractivity contribution in [3.8, 4) is 0 Å². The monoisotopic (exact) mass is 262 g/mol. The second-order valence-electron chi connectivity index (χ2n) is 4.88. The van der Waals surface area contributed by atoms with Crippen LogP contribution in [-0.4, -0.2) is 17.0 Å². The van der Waals surface area contributed by atoms with Crippen LogP contribution in [0.3, 0.4) is 0 Å². The lowest BCUT2D eigenvalue weighted by atomic mass is 10.2. The van der Waals surface area contributed by atoms with E-state index in [1.807, 2.05) is 26.8 Å². The number of hydrogen-bond donors (Lipinski definition) is 1. The van der Waals surface area contributed by atoms with Gasteiger partial charge in [-0.25, -0.2) is 0 Å². The average molecular weight is 262 g/mol. The largest absolute Gasteiger partial charge is 0.353 e. The van der Waals surface area contributed by atoms with Gasteiger partial charge in [-0.2, -0.15) is 0 Å². The van der Waals surface area contributed by atoms with Crippen LogP contribution in [0.2, 0.25) is 0 Å². The van der Waals surface area contributed by atoms with E-state index in [1.54, 1.807) is 22.8 Å². The molecule has 1 rings (SSSR count). The summed E-state index contributed by atoms with van der Waals surface area (Å²) in [6, 6.07) is 5.27. The average Bonchev–Trinajstić information content (AvgIpc) is 2.31. The van der Waals surface area contributed by atoms with E-state index in [2.05, 4.69) is 5.32 Å². The number of carbonyl (C=O) groups excluding carboxylic acids is 1. The molecule has 104 valence electrons. The van der Waals surface area contributed by atoms with E-state index < -0.39 is 0 Å². The molecule has 0 aliphatic heterocycles. The Morgan fingerprint density at radius 3 is 2.68 bits per heavy atom. The fraction of sp³-hybridized carbons (Fsp3) is 0.467. The number of rotatable bonds is 6. The van der Waals surface area contributed by atoms with Gasteiger partial charge in [-0.1, -0.05) is 11.6 Å². The van der Waals surface area contributed by atoms with E-state index in [0.717, 1.165) is 24.1 Å². The lowest BCUT2D eigenvalue weighted by molar-refractivity contribution is -0.116. The molecule has 0 unspecified atom stereocenters. The molecule has 0 aliphatic carbocycles. The van der Waals surface area contributed by atoms with Crippen molar-refractivity contribution >= 4 is 5.91 Å². The Kier molecular flexibility index (Phi) is 6.06. The van der Waals surface area contributed by atoms with Crippen molar-refractivity contribution in [3.05, 3.63) is 45.9 Å². The van der Waals surface area contributed by atoms with Crippen molar-refractivity contribution in [2.45, 2.75) is 40.2 Å². The van der Waals surface area contributed by atoms with Crippen molar-refractivity contribution in [3.63, 3.8) is 0 Å². The third-order valence-corrected chi connectivity index (χ3v) is 2.80. The van der Waals surface area contributed by atoms with Gasteiger partial charge in [0.15, 0.2) is 0 Å². The van der Waals surface area contributed by atoms with Gasteiger partial charge in [0.05, 0.1) is 0 Å². The number of unbranched alkanes of at least 4 members (excludes halogenated alkanes) is 1. The van der Waals surface area contributed by atoms with Crippen molar-refractivity contribution < 1.29 is 4.79 Å². The third kappa shape index (κ3) is 5.55. The highest BCUT2D eigenvalue weighted by Gasteiger charge is 1.99. The Hall–Kier alpha value is -1.84. The van der Waals surface area contributed by atoms with Crippen LogP contribution >= 0.6 is 0 Å². The van der Waals surface area contributed by atoms with Gasteiger partial charge in [-0.15, -0.1) is 0 Å². The molecule has 0 spiro atoms. The zero-order valence-corrected chi connectivity index (χ0v) is 11.9. The Balaban J connectivity index is 2.30. The topological polar surface area (TPSA) is 51.1 Å². The molecule has 1 amide bonds. The lowest BCUT2D eigenvalue weighted by Crippen LogP contribution is -2.24. The Morgan fingerprint density at radius 2 is 2.05 bits per heavy atom. The third-order valence-electron chi connectivity index (χ3n) is 2.80. The van der Waals surface area contributed by atoms with Crippen molar-refractivity contribution in [2.24, 2.45) is 0 Å². The molecule has 1 aromatic rings. The molecule has 0 saturated carbocycles. The summed E-state index contributed by atoms with van der Waals surface area (Å²) in [5, 5.41) is 2.83. The quantitative estimate of drug-likeness (QED) is 0.630. The Bertz CT molecular complexity index is 511. The smallest absolute Gasteiger partial charge is 0.250 e. The van der Waals surface area contributed by atoms with Crippen LogP contribution in [0.25, 0.3) is 0 Å². The van der Waals surface area contributed by atoms with Gasteiger partial charge in [-0.3, -0.25) is 9.59 Å². The number of aromatic nitrogens is 1. The molecule has 1 aromatic heterocycles. The first-order valence-corrected chi connectivity index (χ1v) is 6.60. The summed E-state index contributed by atoms with van der Waals surface area (Å²) < 4.78 is 1.76. The Morgan fingerprint density at radius 1 is 1.32 bits per heavy atom. The van der Waals surface area contributed by atoms with Crippen molar-refractivity contribution in [1.82, 2.24) is 9.88 Å². The van der Waals surface area contributed by atoms with Crippen LogP contribution in [0.4, 0.5) is 0 Å². The second kappa shape index (κ2) is 7.56. The number of nitrogens with zero attached hydrogens (tertiary/aromatic N) is 1. The van der Waals surface area contributed by atoms with E-state index in [9.17, 15) is 9.59 Å². The summed E-state index contributed by atoms with van der Waals surface area (Å²) in [5.41, 5.74) is 2.00. The molecule has 19 heavy (non-hydrogen) atoms. The molecule has 1 N–H and O–H groups in total. The number of aryl methyl sites for hydroxylation is 1. The first-order chi connectivity index (χ1) is 9.00. The van der Waals surface area contributed by atoms with Crippen LogP contribution in [0.5, 0.6) is 0 Å². The van der Waals surface area contributed by atoms with E-state index >= 15 is 0 Å². The van der Waals surface area contributed by atoms with Gasteiger partial charge >= 0.3 is 0 Å². The van der Waals surface area contributed by atoms with Gasteiger partial charge in [0.1, 0.15) is 0 Å². The van der Waals surface area contributed by atoms with Gasteiger partial charge in [0.2, 0.25) is 5.91 Å². The molecule has 0 bridgehead atoms. The first kappa shape index (κ1) is 15.2. The minimum absolute atomic E-state index is 0.0357. The van der Waals surface area contributed by atoms with Gasteiger partial charge in [0.25, 0.3) is 5.56 Å². The number of carbonyl (C=O) groups is 1. The normalized spacial score (nSPS) is 10.1. The van der Waals surface area contributed by atoms with Crippen LogP contribution in [0, 0.1) is 6.92 Å². The maximum absolute atomic E-state index is 11.6. The molecule has 4 nitrogen and oxygen atoms in total. The molecule has 0 saturated heterocycles. The number of allylic oxidation sites excluding steroid dienone is 1. The van der Waals surface area contributed by atoms with Crippen LogP contribution in [0.15, 0.2) is 34.6 Å². The first-order valence-electron chi connectivity index (χ1n) is 6.60. The molecule has 0 aliphatic rings. The van der Waals surface area contributed by atoms with Crippen molar-refractivity contribution in [2.75, 3.05) is 6.54 Å². The molecular weight excluding hydrogens is 240 g/mol. The highest BCUT2D eigenvalue weighted by molar-refractivity contribution is 5.87. The van der Waals surface area contributed by atoms with E-state index in [0.29, 0.717) is 13.1 Å². The predicted molar refractivity (Wildman–Crippen MR) is 77.1 cm³/mol. The highest BCUT2D eigenvalue weighted by Crippen LogP contribution is 1.97. The molecular formula is C15H22N2O2. The van der Waals surface area contributed by atoms with Crippen LogP contribution in [-0.2, 0) is 11.3 Å². The maximum atomic E-state index is 11.6. The second-order valence-corrected chi connectivity index (χ2v) is 4.88. The van der Waals surface area contributed by atoms with Crippen molar-refractivity contribution in [1.29, 1.82) is 0 Å². The zero-order chi connectivity index (χ0) is 14.3. The molecule has 0 aromatic carbocycles. The van der Waals surface area contributed by atoms with Crippen LogP contribution in [0.1, 0.15) is 32.4 Å². The molecule has 0 fully saturated rings. The zero-order valence-electron chi connectivity index (χ0n) is 11.9. The summed E-state index contributed by atoms with van der Waals surface area (Å²) in [7, 11) is 0. The highest BCUT2D eigenvalue weighted by atomic mass is 16.1. The van der Waals surface area contributed by atoms with Gasteiger partial charge in [-0.05, 0) is 39.7 Å². The Labute approximate surface area is 114 Å². The molecule has 0 radical (unpaired) electrons. The summed E-state index contributed by atoms with van der Waals surface area (Å²) in [6.07, 6.45) is 3.33. The maximum Gasteiger partial charge on any atom is 0.250 e. The number of hydrogen-bond acceptors (Lipinski definition) is 2. The van der Waals surface area contributed by atoms with Gasteiger partial charge in [0, 0.05) is 30.9 Å². The number of amides is 1. The fourth-order valence-corrected chi connectivity index (χ4v) is 1.83. The minimum atomic E-state index is -0.0481. The van der Waals surface area contributed by atoms with E-state index in [4.69, 9.17) is 0 Å². The summed E-state index contributed by atoms with van der Waals surface area (Å²) in [4.78, 5) is 23.0. The number of pyridine rings is 1. The summed E-state index contributed by atoms with van der Waals surface area (Å²) in [5.74, 6) is -0.0481. The summed E-state index contributed by atoms with van der Waals surface area (Å²) >= 11 is 0. The molecule has 1 heterocycles.